The van der Waals surface area contributed by atoms with E-state index in [0.29, 0.717) is 24.0 Å². The molecule has 0 spiro atoms. The summed E-state index contributed by atoms with van der Waals surface area (Å²) >= 11 is 5.64. The Hall–Kier alpha value is -2.34. The van der Waals surface area contributed by atoms with E-state index in [4.69, 9.17) is 25.3 Å². The number of rotatable bonds is 5. The molecule has 0 N–H and O–H groups in total. The molecule has 3 aromatic rings. The highest BCUT2D eigenvalue weighted by Crippen LogP contribution is 2.24. The lowest BCUT2D eigenvalue weighted by Gasteiger charge is -1.99. The molecule has 0 radical (unpaired) electrons. The lowest BCUT2D eigenvalue weighted by atomic mass is 10.2. The lowest BCUT2D eigenvalue weighted by Crippen LogP contribution is -1.93. The number of hydrogen-bond acceptors (Lipinski definition) is 6. The standard InChI is InChI=1S/C15H14ClN3O3/c1-9-12(7-13-18-14(8-16)22-19-13)17-15(21-9)10-3-5-11(20-2)6-4-10/h3-6H,7-8H2,1-2H3. The van der Waals surface area contributed by atoms with Crippen molar-refractivity contribution in [3.63, 3.8) is 0 Å². The molecule has 0 aliphatic heterocycles. The average Bonchev–Trinajstić information content (AvgIpc) is 3.15. The van der Waals surface area contributed by atoms with E-state index in [1.54, 1.807) is 7.11 Å². The summed E-state index contributed by atoms with van der Waals surface area (Å²) in [6, 6.07) is 7.52. The smallest absolute Gasteiger partial charge is 0.241 e. The van der Waals surface area contributed by atoms with E-state index in [2.05, 4.69) is 15.1 Å². The SMILES string of the molecule is COc1ccc(-c2nc(Cc3noc(CCl)n3)c(C)o2)cc1. The number of ether oxygens (including phenoxy) is 1. The van der Waals surface area contributed by atoms with Crippen LogP contribution in [0.1, 0.15) is 23.2 Å². The Morgan fingerprint density at radius 1 is 1.18 bits per heavy atom. The van der Waals surface area contributed by atoms with Gasteiger partial charge in [-0.15, -0.1) is 11.6 Å². The zero-order valence-corrected chi connectivity index (χ0v) is 12.9. The van der Waals surface area contributed by atoms with Crippen molar-refractivity contribution in [2.45, 2.75) is 19.2 Å². The van der Waals surface area contributed by atoms with Crippen LogP contribution in [0, 0.1) is 6.92 Å². The minimum absolute atomic E-state index is 0.196. The normalized spacial score (nSPS) is 10.9. The van der Waals surface area contributed by atoms with E-state index >= 15 is 0 Å². The van der Waals surface area contributed by atoms with Crippen LogP contribution in [0.25, 0.3) is 11.5 Å². The molecule has 7 heteroatoms. The van der Waals surface area contributed by atoms with Gasteiger partial charge in [-0.3, -0.25) is 0 Å². The van der Waals surface area contributed by atoms with E-state index in [0.717, 1.165) is 22.8 Å². The predicted molar refractivity (Wildman–Crippen MR) is 79.9 cm³/mol. The van der Waals surface area contributed by atoms with Crippen molar-refractivity contribution in [1.82, 2.24) is 15.1 Å². The van der Waals surface area contributed by atoms with Gasteiger partial charge in [0.15, 0.2) is 5.82 Å². The molecule has 0 fully saturated rings. The highest BCUT2D eigenvalue weighted by atomic mass is 35.5. The molecule has 3 rings (SSSR count). The van der Waals surface area contributed by atoms with Crippen LogP contribution in [0.3, 0.4) is 0 Å². The Labute approximate surface area is 132 Å². The molecule has 22 heavy (non-hydrogen) atoms. The maximum absolute atomic E-state index is 5.72. The van der Waals surface area contributed by atoms with Crippen LogP contribution in [-0.4, -0.2) is 22.2 Å². The van der Waals surface area contributed by atoms with Crippen LogP contribution in [0.2, 0.25) is 0 Å². The first kappa shape index (κ1) is 14.6. The van der Waals surface area contributed by atoms with Crippen LogP contribution in [-0.2, 0) is 12.3 Å². The summed E-state index contributed by atoms with van der Waals surface area (Å²) in [4.78, 5) is 8.67. The van der Waals surface area contributed by atoms with Gasteiger partial charge in [0, 0.05) is 5.56 Å². The van der Waals surface area contributed by atoms with Crippen LogP contribution >= 0.6 is 11.6 Å². The Bertz CT molecular complexity index is 765. The predicted octanol–water partition coefficient (Wildman–Crippen LogP) is 3.37. The largest absolute Gasteiger partial charge is 0.497 e. The topological polar surface area (TPSA) is 74.2 Å². The number of aryl methyl sites for hydroxylation is 1. The van der Waals surface area contributed by atoms with E-state index in [1.807, 2.05) is 31.2 Å². The molecule has 1 aromatic carbocycles. The Morgan fingerprint density at radius 2 is 1.95 bits per heavy atom. The fraction of sp³-hybridized carbons (Fsp3) is 0.267. The molecule has 2 heterocycles. The van der Waals surface area contributed by atoms with Gasteiger partial charge in [0.25, 0.3) is 0 Å². The van der Waals surface area contributed by atoms with Gasteiger partial charge >= 0.3 is 0 Å². The maximum atomic E-state index is 5.72. The van der Waals surface area contributed by atoms with Crippen molar-refractivity contribution in [2.75, 3.05) is 7.11 Å². The summed E-state index contributed by atoms with van der Waals surface area (Å²) in [5.41, 5.74) is 1.65. The molecule has 6 nitrogen and oxygen atoms in total. The van der Waals surface area contributed by atoms with Crippen molar-refractivity contribution in [3.05, 3.63) is 47.4 Å². The minimum Gasteiger partial charge on any atom is -0.497 e. The molecule has 0 saturated heterocycles. The second kappa shape index (κ2) is 6.19. The first-order valence-corrected chi connectivity index (χ1v) is 7.21. The highest BCUT2D eigenvalue weighted by Gasteiger charge is 2.15. The summed E-state index contributed by atoms with van der Waals surface area (Å²) in [6.45, 7) is 1.86. The molecule has 0 aliphatic carbocycles. The minimum atomic E-state index is 0.196. The van der Waals surface area contributed by atoms with E-state index in [-0.39, 0.29) is 5.88 Å². The summed E-state index contributed by atoms with van der Waals surface area (Å²) in [7, 11) is 1.63. The van der Waals surface area contributed by atoms with Crippen LogP contribution < -0.4 is 4.74 Å². The average molecular weight is 320 g/mol. The van der Waals surface area contributed by atoms with Gasteiger partial charge in [-0.25, -0.2) is 4.98 Å². The van der Waals surface area contributed by atoms with Crippen LogP contribution in [0.15, 0.2) is 33.2 Å². The first-order valence-electron chi connectivity index (χ1n) is 6.67. The van der Waals surface area contributed by atoms with Crippen molar-refractivity contribution in [2.24, 2.45) is 0 Å². The first-order chi connectivity index (χ1) is 10.7. The third kappa shape index (κ3) is 2.96. The number of methoxy groups -OCH3 is 1. The van der Waals surface area contributed by atoms with E-state index in [1.165, 1.54) is 0 Å². The van der Waals surface area contributed by atoms with Gasteiger partial charge in [-0.05, 0) is 31.2 Å². The van der Waals surface area contributed by atoms with Crippen molar-refractivity contribution in [1.29, 1.82) is 0 Å². The molecule has 0 bridgehead atoms. The highest BCUT2D eigenvalue weighted by molar-refractivity contribution is 6.16. The summed E-state index contributed by atoms with van der Waals surface area (Å²) in [5, 5.41) is 3.86. The molecule has 0 atom stereocenters. The number of halogens is 1. The molecule has 0 aliphatic rings. The van der Waals surface area contributed by atoms with Gasteiger partial charge in [0.2, 0.25) is 11.8 Å². The van der Waals surface area contributed by atoms with Crippen molar-refractivity contribution >= 4 is 11.6 Å². The molecule has 0 unspecified atom stereocenters. The fourth-order valence-electron chi connectivity index (χ4n) is 2.02. The van der Waals surface area contributed by atoms with E-state index < -0.39 is 0 Å². The van der Waals surface area contributed by atoms with Crippen LogP contribution in [0.5, 0.6) is 5.75 Å². The number of hydrogen-bond donors (Lipinski definition) is 0. The fourth-order valence-corrected chi connectivity index (χ4v) is 2.12. The Balaban J connectivity index is 1.83. The second-order valence-electron chi connectivity index (χ2n) is 4.67. The summed E-state index contributed by atoms with van der Waals surface area (Å²) in [6.07, 6.45) is 0.436. The molecule has 2 aromatic heterocycles. The van der Waals surface area contributed by atoms with E-state index in [9.17, 15) is 0 Å². The Morgan fingerprint density at radius 3 is 2.59 bits per heavy atom. The third-order valence-corrected chi connectivity index (χ3v) is 3.41. The van der Waals surface area contributed by atoms with Gasteiger partial charge in [0.1, 0.15) is 17.4 Å². The summed E-state index contributed by atoms with van der Waals surface area (Å²) in [5.74, 6) is 3.19. The lowest BCUT2D eigenvalue weighted by molar-refractivity contribution is 0.385. The molecule has 0 amide bonds. The number of oxazole rings is 1. The monoisotopic (exact) mass is 319 g/mol. The second-order valence-corrected chi connectivity index (χ2v) is 4.93. The number of nitrogens with zero attached hydrogens (tertiary/aromatic N) is 3. The van der Waals surface area contributed by atoms with Gasteiger partial charge < -0.3 is 13.7 Å². The number of alkyl halides is 1. The third-order valence-electron chi connectivity index (χ3n) is 3.18. The zero-order chi connectivity index (χ0) is 15.5. The maximum Gasteiger partial charge on any atom is 0.241 e. The number of aromatic nitrogens is 3. The summed E-state index contributed by atoms with van der Waals surface area (Å²) < 4.78 is 15.8. The van der Waals surface area contributed by atoms with Gasteiger partial charge in [-0.2, -0.15) is 4.98 Å². The molecule has 0 saturated carbocycles. The molecule has 114 valence electrons. The quantitative estimate of drug-likeness (QED) is 0.671. The van der Waals surface area contributed by atoms with Gasteiger partial charge in [-0.1, -0.05) is 5.16 Å². The van der Waals surface area contributed by atoms with Gasteiger partial charge in [0.05, 0.1) is 19.2 Å². The van der Waals surface area contributed by atoms with Crippen LogP contribution in [0.4, 0.5) is 0 Å². The Kier molecular flexibility index (Phi) is 4.11. The molecular weight excluding hydrogens is 306 g/mol. The zero-order valence-electron chi connectivity index (χ0n) is 12.2. The molecular formula is C15H14ClN3O3. The number of benzene rings is 1. The van der Waals surface area contributed by atoms with Crippen molar-refractivity contribution in [3.8, 4) is 17.2 Å². The van der Waals surface area contributed by atoms with Crippen molar-refractivity contribution < 1.29 is 13.7 Å².